The van der Waals surface area contributed by atoms with Crippen LogP contribution in [0.3, 0.4) is 0 Å². The van der Waals surface area contributed by atoms with Crippen LogP contribution in [-0.4, -0.2) is 4.98 Å². The minimum atomic E-state index is 0.760. The molecule has 2 aromatic carbocycles. The van der Waals surface area contributed by atoms with Crippen molar-refractivity contribution >= 4 is 23.0 Å². The first-order valence-electron chi connectivity index (χ1n) is 5.51. The highest BCUT2D eigenvalue weighted by Crippen LogP contribution is 2.22. The second-order valence-corrected chi connectivity index (χ2v) is 4.43. The molecule has 0 fully saturated rings. The smallest absolute Gasteiger partial charge is 0.103 e. The Morgan fingerprint density at radius 1 is 0.765 bits per heavy atom. The summed E-state index contributed by atoms with van der Waals surface area (Å²) in [6.45, 7) is 0. The van der Waals surface area contributed by atoms with Crippen LogP contribution >= 0.6 is 12.2 Å². The van der Waals surface area contributed by atoms with Gasteiger partial charge in [-0.15, -0.1) is 0 Å². The molecular weight excluding hydrogens is 226 g/mol. The monoisotopic (exact) mass is 237 g/mol. The molecule has 0 bridgehead atoms. The van der Waals surface area contributed by atoms with Crippen molar-refractivity contribution in [2.75, 3.05) is 0 Å². The molecular formula is C15H11NS. The fourth-order valence-electron chi connectivity index (χ4n) is 1.97. The first kappa shape index (κ1) is 10.2. The van der Waals surface area contributed by atoms with Gasteiger partial charge in [-0.2, -0.15) is 0 Å². The predicted molar refractivity (Wildman–Crippen MR) is 74.6 cm³/mol. The van der Waals surface area contributed by atoms with Crippen LogP contribution in [0, 0.1) is 4.64 Å². The highest BCUT2D eigenvalue weighted by molar-refractivity contribution is 7.71. The third-order valence-electron chi connectivity index (χ3n) is 2.83. The first-order valence-corrected chi connectivity index (χ1v) is 5.92. The summed E-state index contributed by atoms with van der Waals surface area (Å²) < 4.78 is 0.760. The van der Waals surface area contributed by atoms with Crippen LogP contribution in [0.15, 0.2) is 60.7 Å². The number of H-pyrrole nitrogens is 1. The van der Waals surface area contributed by atoms with Gasteiger partial charge in [-0.3, -0.25) is 0 Å². The lowest BCUT2D eigenvalue weighted by Gasteiger charge is -2.04. The Kier molecular flexibility index (Phi) is 2.50. The molecule has 3 rings (SSSR count). The highest BCUT2D eigenvalue weighted by atomic mass is 32.1. The lowest BCUT2D eigenvalue weighted by Crippen LogP contribution is -1.83. The number of hydrogen-bond acceptors (Lipinski definition) is 1. The van der Waals surface area contributed by atoms with Gasteiger partial charge in [0.1, 0.15) is 4.64 Å². The number of fused-ring (bicyclic) bond motifs is 1. The van der Waals surface area contributed by atoms with E-state index in [1.807, 2.05) is 18.2 Å². The van der Waals surface area contributed by atoms with Crippen LogP contribution in [0.5, 0.6) is 0 Å². The number of benzene rings is 2. The molecule has 0 saturated heterocycles. The highest BCUT2D eigenvalue weighted by Gasteiger charge is 1.99. The van der Waals surface area contributed by atoms with Crippen LogP contribution in [0.1, 0.15) is 0 Å². The lowest BCUT2D eigenvalue weighted by molar-refractivity contribution is 1.30. The summed E-state index contributed by atoms with van der Waals surface area (Å²) in [5.41, 5.74) is 2.22. The molecule has 1 nitrogen and oxygen atoms in total. The Morgan fingerprint density at radius 2 is 1.59 bits per heavy atom. The molecule has 1 N–H and O–H groups in total. The van der Waals surface area contributed by atoms with Gasteiger partial charge >= 0.3 is 0 Å². The molecule has 0 saturated carbocycles. The zero-order chi connectivity index (χ0) is 11.7. The first-order chi connectivity index (χ1) is 8.33. The number of pyridine rings is 1. The Bertz CT molecular complexity index is 728. The van der Waals surface area contributed by atoms with Crippen molar-refractivity contribution in [1.82, 2.24) is 4.98 Å². The molecule has 0 aliphatic carbocycles. The van der Waals surface area contributed by atoms with E-state index in [0.29, 0.717) is 0 Å². The average Bonchev–Trinajstić information content (AvgIpc) is 2.38. The summed E-state index contributed by atoms with van der Waals surface area (Å²) >= 11 is 5.14. The van der Waals surface area contributed by atoms with Crippen molar-refractivity contribution in [2.45, 2.75) is 0 Å². The summed E-state index contributed by atoms with van der Waals surface area (Å²) in [6.07, 6.45) is 0. The van der Waals surface area contributed by atoms with Crippen LogP contribution in [0.2, 0.25) is 0 Å². The molecule has 3 aromatic rings. The quantitative estimate of drug-likeness (QED) is 0.613. The minimum absolute atomic E-state index is 0.760. The van der Waals surface area contributed by atoms with Crippen LogP contribution in [0.4, 0.5) is 0 Å². The molecule has 0 spiro atoms. The number of hydrogen-bond donors (Lipinski definition) is 1. The SMILES string of the molecule is S=c1cccc(-c2ccc3ccccc3c2)[nH]1. The van der Waals surface area contributed by atoms with Crippen molar-refractivity contribution in [2.24, 2.45) is 0 Å². The second kappa shape index (κ2) is 4.15. The van der Waals surface area contributed by atoms with E-state index >= 15 is 0 Å². The van der Waals surface area contributed by atoms with Crippen LogP contribution in [0.25, 0.3) is 22.0 Å². The van der Waals surface area contributed by atoms with E-state index in [0.717, 1.165) is 15.9 Å². The summed E-state index contributed by atoms with van der Waals surface area (Å²) in [4.78, 5) is 3.20. The molecule has 0 aliphatic rings. The van der Waals surface area contributed by atoms with E-state index in [1.165, 1.54) is 10.8 Å². The molecule has 0 atom stereocenters. The second-order valence-electron chi connectivity index (χ2n) is 3.99. The van der Waals surface area contributed by atoms with Crippen LogP contribution < -0.4 is 0 Å². The average molecular weight is 237 g/mol. The van der Waals surface area contributed by atoms with Crippen molar-refractivity contribution in [1.29, 1.82) is 0 Å². The zero-order valence-electron chi connectivity index (χ0n) is 9.18. The third-order valence-corrected chi connectivity index (χ3v) is 3.07. The lowest BCUT2D eigenvalue weighted by atomic mass is 10.0. The van der Waals surface area contributed by atoms with Crippen molar-refractivity contribution < 1.29 is 0 Å². The summed E-state index contributed by atoms with van der Waals surface area (Å²) in [5, 5.41) is 2.50. The number of aromatic nitrogens is 1. The third kappa shape index (κ3) is 1.99. The van der Waals surface area contributed by atoms with Gasteiger partial charge in [0, 0.05) is 5.69 Å². The van der Waals surface area contributed by atoms with Gasteiger partial charge in [-0.25, -0.2) is 0 Å². The topological polar surface area (TPSA) is 15.8 Å². The maximum absolute atomic E-state index is 5.14. The Balaban J connectivity index is 2.21. The van der Waals surface area contributed by atoms with Gasteiger partial charge in [0.25, 0.3) is 0 Å². The van der Waals surface area contributed by atoms with E-state index in [2.05, 4.69) is 47.4 Å². The maximum Gasteiger partial charge on any atom is 0.103 e. The fourth-order valence-corrected chi connectivity index (χ4v) is 2.16. The van der Waals surface area contributed by atoms with Gasteiger partial charge < -0.3 is 4.98 Å². The fraction of sp³-hybridized carbons (Fsp3) is 0. The van der Waals surface area contributed by atoms with Gasteiger partial charge in [0.15, 0.2) is 0 Å². The maximum atomic E-state index is 5.14. The molecule has 1 aromatic heterocycles. The molecule has 1 heterocycles. The van der Waals surface area contributed by atoms with Crippen LogP contribution in [-0.2, 0) is 0 Å². The largest absolute Gasteiger partial charge is 0.346 e. The predicted octanol–water partition coefficient (Wildman–Crippen LogP) is 4.56. The van der Waals surface area contributed by atoms with E-state index in [9.17, 15) is 0 Å². The Hall–Kier alpha value is -1.93. The standard InChI is InChI=1S/C15H11NS/c17-15-7-3-6-14(16-15)13-9-8-11-4-1-2-5-12(11)10-13/h1-10H,(H,16,17). The van der Waals surface area contributed by atoms with Gasteiger partial charge in [-0.1, -0.05) is 54.7 Å². The number of aromatic amines is 1. The molecule has 0 aliphatic heterocycles. The summed E-state index contributed by atoms with van der Waals surface area (Å²) in [7, 11) is 0. The van der Waals surface area contributed by atoms with E-state index in [4.69, 9.17) is 12.2 Å². The van der Waals surface area contributed by atoms with Gasteiger partial charge in [-0.05, 0) is 34.5 Å². The van der Waals surface area contributed by atoms with Crippen molar-refractivity contribution in [3.05, 3.63) is 65.3 Å². The molecule has 2 heteroatoms. The zero-order valence-corrected chi connectivity index (χ0v) is 10.00. The number of nitrogens with one attached hydrogen (secondary N) is 1. The van der Waals surface area contributed by atoms with E-state index in [-0.39, 0.29) is 0 Å². The Labute approximate surface area is 105 Å². The molecule has 82 valence electrons. The normalized spacial score (nSPS) is 10.6. The summed E-state index contributed by atoms with van der Waals surface area (Å²) in [6, 6.07) is 20.7. The van der Waals surface area contributed by atoms with E-state index < -0.39 is 0 Å². The van der Waals surface area contributed by atoms with E-state index in [1.54, 1.807) is 0 Å². The van der Waals surface area contributed by atoms with Crippen molar-refractivity contribution in [3.8, 4) is 11.3 Å². The van der Waals surface area contributed by atoms with Crippen molar-refractivity contribution in [3.63, 3.8) is 0 Å². The number of rotatable bonds is 1. The van der Waals surface area contributed by atoms with Gasteiger partial charge in [0.2, 0.25) is 0 Å². The Morgan fingerprint density at radius 3 is 2.41 bits per heavy atom. The molecule has 0 amide bonds. The van der Waals surface area contributed by atoms with Gasteiger partial charge in [0.05, 0.1) is 0 Å². The molecule has 0 unspecified atom stereocenters. The summed E-state index contributed by atoms with van der Waals surface area (Å²) in [5.74, 6) is 0. The molecule has 17 heavy (non-hydrogen) atoms. The minimum Gasteiger partial charge on any atom is -0.346 e. The molecule has 0 radical (unpaired) electrons.